The number of carboxylic acid groups (broad SMARTS) is 1. The van der Waals surface area contributed by atoms with Crippen molar-refractivity contribution < 1.29 is 43.3 Å². The van der Waals surface area contributed by atoms with Gasteiger partial charge in [-0.25, -0.2) is 14.1 Å². The fourth-order valence-electron chi connectivity index (χ4n) is 8.27. The van der Waals surface area contributed by atoms with E-state index in [4.69, 9.17) is 16.3 Å². The molecule has 12 heteroatoms. The second-order valence-corrected chi connectivity index (χ2v) is 13.1. The number of carboxylic acids is 1. The number of benzene rings is 3. The van der Waals surface area contributed by atoms with Crippen molar-refractivity contribution in [3.05, 3.63) is 100 Å². The predicted octanol–water partition coefficient (Wildman–Crippen LogP) is 4.98. The highest BCUT2D eigenvalue weighted by molar-refractivity contribution is 6.32. The lowest BCUT2D eigenvalue weighted by Crippen LogP contribution is -2.49. The summed E-state index contributed by atoms with van der Waals surface area (Å²) >= 11 is 6.07. The van der Waals surface area contributed by atoms with Gasteiger partial charge in [-0.15, -0.1) is 0 Å². The number of rotatable bonds is 7. The van der Waals surface area contributed by atoms with Crippen molar-refractivity contribution in [1.82, 2.24) is 0 Å². The molecule has 6 atom stereocenters. The van der Waals surface area contributed by atoms with Crippen LogP contribution in [0.4, 0.5) is 15.8 Å². The normalized spacial score (nSPS) is 27.8. The number of aromatic carboxylic acids is 1. The number of halogens is 2. The number of anilines is 2. The monoisotopic (exact) mass is 672 g/mol. The number of carbonyl (C=O) groups excluding carboxylic acids is 4. The standard InChI is InChI=1S/C36H30ClFN2O8/c1-36-25(32(43)40(35(36)47)20-9-12-27(38)26(37)16-20)17-24-21(30(36)22-7-2-3-8-28(22)48-14-13-41)10-11-23-29(24)33(44)39(31(23)42)19-6-4-5-18(15-19)34(45)46/h2-10,12,15-16,23-25,29-30,41H,11,13-14,17H2,1H3,(H,45,46). The Morgan fingerprint density at radius 1 is 0.958 bits per heavy atom. The Kier molecular flexibility index (Phi) is 7.71. The van der Waals surface area contributed by atoms with Crippen molar-refractivity contribution in [2.24, 2.45) is 29.1 Å². The average molecular weight is 673 g/mol. The van der Waals surface area contributed by atoms with E-state index in [0.29, 0.717) is 11.3 Å². The van der Waals surface area contributed by atoms with Gasteiger partial charge in [0.15, 0.2) is 0 Å². The first kappa shape index (κ1) is 31.7. The largest absolute Gasteiger partial charge is 0.491 e. The number of allylic oxidation sites excluding steroid dienone is 2. The summed E-state index contributed by atoms with van der Waals surface area (Å²) in [5.74, 6) is -7.53. The molecule has 48 heavy (non-hydrogen) atoms. The van der Waals surface area contributed by atoms with Gasteiger partial charge in [0.05, 0.1) is 51.7 Å². The van der Waals surface area contributed by atoms with Crippen LogP contribution in [0.3, 0.4) is 0 Å². The molecule has 246 valence electrons. The third-order valence-electron chi connectivity index (χ3n) is 10.4. The van der Waals surface area contributed by atoms with E-state index in [0.717, 1.165) is 21.4 Å². The van der Waals surface area contributed by atoms with Crippen molar-refractivity contribution in [3.63, 3.8) is 0 Å². The third kappa shape index (κ3) is 4.59. The molecule has 10 nitrogen and oxygen atoms in total. The quantitative estimate of drug-likeness (QED) is 0.264. The minimum atomic E-state index is -1.38. The fourth-order valence-corrected chi connectivity index (χ4v) is 8.44. The molecular formula is C36H30ClFN2O8. The highest BCUT2D eigenvalue weighted by atomic mass is 35.5. The number of hydrogen-bond donors (Lipinski definition) is 2. The molecule has 4 aliphatic rings. The number of hydrogen-bond acceptors (Lipinski definition) is 7. The summed E-state index contributed by atoms with van der Waals surface area (Å²) in [4.78, 5) is 70.8. The molecule has 0 bridgehead atoms. The topological polar surface area (TPSA) is 142 Å². The molecule has 3 aromatic carbocycles. The molecule has 6 unspecified atom stereocenters. The van der Waals surface area contributed by atoms with E-state index in [2.05, 4.69) is 0 Å². The molecular weight excluding hydrogens is 643 g/mol. The van der Waals surface area contributed by atoms with E-state index in [-0.39, 0.29) is 48.0 Å². The van der Waals surface area contributed by atoms with Crippen molar-refractivity contribution >= 4 is 52.6 Å². The number of ether oxygens (including phenoxy) is 1. The van der Waals surface area contributed by atoms with Gasteiger partial charge in [0.2, 0.25) is 23.6 Å². The number of aliphatic hydroxyl groups is 1. The Bertz CT molecular complexity index is 1950. The molecule has 0 spiro atoms. The first-order valence-electron chi connectivity index (χ1n) is 15.6. The lowest BCUT2D eigenvalue weighted by Gasteiger charge is -2.49. The predicted molar refractivity (Wildman–Crippen MR) is 171 cm³/mol. The summed E-state index contributed by atoms with van der Waals surface area (Å²) in [5, 5.41) is 18.8. The molecule has 4 amide bonds. The van der Waals surface area contributed by atoms with Crippen LogP contribution in [0.1, 0.15) is 41.6 Å². The number of imide groups is 2. The summed E-state index contributed by atoms with van der Waals surface area (Å²) in [7, 11) is 0. The van der Waals surface area contributed by atoms with E-state index >= 15 is 0 Å². The van der Waals surface area contributed by atoms with Gasteiger partial charge >= 0.3 is 5.97 Å². The Hall–Kier alpha value is -4.87. The summed E-state index contributed by atoms with van der Waals surface area (Å²) < 4.78 is 20.1. The fraction of sp³-hybridized carbons (Fsp3) is 0.306. The molecule has 0 radical (unpaired) electrons. The average Bonchev–Trinajstić information content (AvgIpc) is 3.44. The number of nitrogens with zero attached hydrogens (tertiary/aromatic N) is 2. The maximum atomic E-state index is 14.6. The van der Waals surface area contributed by atoms with Gasteiger partial charge in [0.1, 0.15) is 18.2 Å². The lowest BCUT2D eigenvalue weighted by atomic mass is 9.51. The minimum absolute atomic E-state index is 0.0263. The van der Waals surface area contributed by atoms with Crippen LogP contribution in [0.25, 0.3) is 0 Å². The Morgan fingerprint density at radius 3 is 2.44 bits per heavy atom. The number of carbonyl (C=O) groups is 5. The lowest BCUT2D eigenvalue weighted by molar-refractivity contribution is -0.131. The molecule has 2 aliphatic carbocycles. The molecule has 3 fully saturated rings. The van der Waals surface area contributed by atoms with Crippen LogP contribution >= 0.6 is 11.6 Å². The first-order chi connectivity index (χ1) is 23.0. The van der Waals surface area contributed by atoms with Gasteiger partial charge in [-0.2, -0.15) is 0 Å². The van der Waals surface area contributed by atoms with Crippen LogP contribution in [0.15, 0.2) is 78.4 Å². The molecule has 7 rings (SSSR count). The highest BCUT2D eigenvalue weighted by Gasteiger charge is 2.68. The highest BCUT2D eigenvalue weighted by Crippen LogP contribution is 2.64. The van der Waals surface area contributed by atoms with Crippen molar-refractivity contribution in [1.29, 1.82) is 0 Å². The van der Waals surface area contributed by atoms with Crippen molar-refractivity contribution in [2.45, 2.75) is 25.7 Å². The van der Waals surface area contributed by atoms with Gasteiger partial charge in [0.25, 0.3) is 0 Å². The maximum Gasteiger partial charge on any atom is 0.335 e. The molecule has 2 saturated heterocycles. The molecule has 2 N–H and O–H groups in total. The van der Waals surface area contributed by atoms with Crippen LogP contribution in [0.2, 0.25) is 5.02 Å². The van der Waals surface area contributed by atoms with Gasteiger partial charge in [0, 0.05) is 11.5 Å². The Balaban J connectivity index is 1.37. The summed E-state index contributed by atoms with van der Waals surface area (Å²) in [6, 6.07) is 16.3. The van der Waals surface area contributed by atoms with Crippen molar-refractivity contribution in [3.8, 4) is 5.75 Å². The van der Waals surface area contributed by atoms with Crippen LogP contribution in [0.5, 0.6) is 5.75 Å². The molecule has 2 aliphatic heterocycles. The van der Waals surface area contributed by atoms with Crippen LogP contribution in [0, 0.1) is 34.9 Å². The Labute approximate surface area is 279 Å². The second-order valence-electron chi connectivity index (χ2n) is 12.7. The van der Waals surface area contributed by atoms with Gasteiger partial charge in [-0.05, 0) is 68.1 Å². The zero-order chi connectivity index (χ0) is 34.1. The van der Waals surface area contributed by atoms with Crippen LogP contribution in [-0.4, -0.2) is 53.0 Å². The third-order valence-corrected chi connectivity index (χ3v) is 10.7. The summed E-state index contributed by atoms with van der Waals surface area (Å²) in [6.07, 6.45) is 2.16. The van der Waals surface area contributed by atoms with E-state index in [1.54, 1.807) is 31.2 Å². The zero-order valence-corrected chi connectivity index (χ0v) is 26.4. The van der Waals surface area contributed by atoms with Crippen LogP contribution < -0.4 is 14.5 Å². The zero-order valence-electron chi connectivity index (χ0n) is 25.6. The first-order valence-corrected chi connectivity index (χ1v) is 15.9. The smallest absolute Gasteiger partial charge is 0.335 e. The second kappa shape index (κ2) is 11.7. The SMILES string of the molecule is CC12C(=O)N(c3ccc(F)c(Cl)c3)C(=O)C1CC1C(=CCC3C(=O)N(c4cccc(C(=O)O)c4)C(=O)C31)C2c1ccccc1OCCO. The van der Waals surface area contributed by atoms with Crippen LogP contribution in [-0.2, 0) is 19.2 Å². The number of para-hydroxylation sites is 1. The van der Waals surface area contributed by atoms with Gasteiger partial charge < -0.3 is 14.9 Å². The summed E-state index contributed by atoms with van der Waals surface area (Å²) in [6.45, 7) is 1.42. The Morgan fingerprint density at radius 2 is 1.71 bits per heavy atom. The molecule has 0 aromatic heterocycles. The van der Waals surface area contributed by atoms with E-state index in [9.17, 15) is 38.6 Å². The number of amides is 4. The molecule has 1 saturated carbocycles. The maximum absolute atomic E-state index is 14.6. The molecule has 3 aromatic rings. The van der Waals surface area contributed by atoms with E-state index in [1.165, 1.54) is 36.4 Å². The van der Waals surface area contributed by atoms with E-state index in [1.807, 2.05) is 6.08 Å². The van der Waals surface area contributed by atoms with Gasteiger partial charge in [-0.3, -0.25) is 24.1 Å². The van der Waals surface area contributed by atoms with Crippen molar-refractivity contribution in [2.75, 3.05) is 23.0 Å². The summed E-state index contributed by atoms with van der Waals surface area (Å²) in [5.41, 5.74) is 0.0980. The van der Waals surface area contributed by atoms with E-state index < -0.39 is 70.4 Å². The number of aliphatic hydroxyl groups excluding tert-OH is 1. The van der Waals surface area contributed by atoms with Gasteiger partial charge in [-0.1, -0.05) is 47.5 Å². The minimum Gasteiger partial charge on any atom is -0.491 e. The molecule has 2 heterocycles. The number of fused-ring (bicyclic) bond motifs is 4.